The Kier molecular flexibility index (Phi) is 4.82. The molecule has 170 valence electrons. The van der Waals surface area contributed by atoms with Crippen molar-refractivity contribution in [2.75, 3.05) is 0 Å². The van der Waals surface area contributed by atoms with E-state index in [4.69, 9.17) is 14.9 Å². The summed E-state index contributed by atoms with van der Waals surface area (Å²) in [6.07, 6.45) is 9.59. The molecule has 1 aromatic heterocycles. The van der Waals surface area contributed by atoms with Crippen molar-refractivity contribution in [1.82, 2.24) is 0 Å². The van der Waals surface area contributed by atoms with Crippen LogP contribution in [0.3, 0.4) is 0 Å². The van der Waals surface area contributed by atoms with Crippen LogP contribution in [0.25, 0.3) is 0 Å². The van der Waals surface area contributed by atoms with Gasteiger partial charge in [0.2, 0.25) is 0 Å². The predicted octanol–water partition coefficient (Wildman–Crippen LogP) is 4.34. The zero-order valence-electron chi connectivity index (χ0n) is 18.6. The van der Waals surface area contributed by atoms with Gasteiger partial charge >= 0.3 is 11.7 Å². The molecule has 0 spiro atoms. The Morgan fingerprint density at radius 1 is 1.10 bits per heavy atom. The number of carbonyl (C=O) groups excluding carboxylic acids is 1. The number of amides is 1. The summed E-state index contributed by atoms with van der Waals surface area (Å²) < 4.78 is 10.5. The number of nitrogens with two attached hydrogens (primary N) is 1. The second kappa shape index (κ2) is 7.09. The average molecular weight is 430 g/mol. The Morgan fingerprint density at radius 2 is 1.90 bits per heavy atom. The lowest BCUT2D eigenvalue weighted by Crippen LogP contribution is -2.62. The van der Waals surface area contributed by atoms with Crippen LogP contribution in [-0.4, -0.2) is 22.9 Å². The highest BCUT2D eigenvalue weighted by molar-refractivity contribution is 5.64. The van der Waals surface area contributed by atoms with Crippen LogP contribution in [-0.2, 0) is 4.74 Å². The molecule has 5 rings (SSSR count). The lowest BCUT2D eigenvalue weighted by atomic mass is 9.43. The maximum atomic E-state index is 12.2. The van der Waals surface area contributed by atoms with Gasteiger partial charge in [0, 0.05) is 11.5 Å². The molecule has 0 aliphatic heterocycles. The molecule has 31 heavy (non-hydrogen) atoms. The molecular weight excluding hydrogens is 394 g/mol. The van der Waals surface area contributed by atoms with E-state index in [9.17, 15) is 14.7 Å². The Labute approximate surface area is 183 Å². The van der Waals surface area contributed by atoms with Crippen molar-refractivity contribution < 1.29 is 19.1 Å². The number of rotatable bonds is 2. The number of aliphatic hydroxyl groups is 1. The molecule has 1 heterocycles. The molecule has 4 fully saturated rings. The largest absolute Gasteiger partial charge is 0.446 e. The van der Waals surface area contributed by atoms with Crippen LogP contribution in [0.4, 0.5) is 4.79 Å². The van der Waals surface area contributed by atoms with E-state index in [2.05, 4.69) is 13.8 Å². The van der Waals surface area contributed by atoms with E-state index in [-0.39, 0.29) is 28.5 Å². The van der Waals surface area contributed by atoms with Gasteiger partial charge < -0.3 is 20.0 Å². The fourth-order valence-corrected chi connectivity index (χ4v) is 8.56. The summed E-state index contributed by atoms with van der Waals surface area (Å²) in [4.78, 5) is 22.7. The maximum Gasteiger partial charge on any atom is 0.404 e. The quantitative estimate of drug-likeness (QED) is 0.728. The van der Waals surface area contributed by atoms with Crippen molar-refractivity contribution >= 4 is 6.09 Å². The lowest BCUT2D eigenvalue weighted by molar-refractivity contribution is -0.205. The van der Waals surface area contributed by atoms with E-state index >= 15 is 0 Å². The van der Waals surface area contributed by atoms with Crippen LogP contribution in [0.5, 0.6) is 0 Å². The molecule has 6 nitrogen and oxygen atoms in total. The molecule has 1 amide bonds. The second-order valence-electron chi connectivity index (χ2n) is 11.2. The molecule has 3 N–H and O–H groups in total. The Bertz CT molecular complexity index is 908. The first-order valence-corrected chi connectivity index (χ1v) is 11.9. The van der Waals surface area contributed by atoms with Gasteiger partial charge in [-0.25, -0.2) is 9.59 Å². The van der Waals surface area contributed by atoms with Crippen LogP contribution >= 0.6 is 0 Å². The van der Waals surface area contributed by atoms with Crippen molar-refractivity contribution in [3.8, 4) is 0 Å². The Hall–Kier alpha value is -1.82. The van der Waals surface area contributed by atoms with Gasteiger partial charge in [-0.1, -0.05) is 13.8 Å². The third-order valence-electron chi connectivity index (χ3n) is 10.2. The fourth-order valence-electron chi connectivity index (χ4n) is 8.56. The van der Waals surface area contributed by atoms with Gasteiger partial charge in [-0.3, -0.25) is 0 Å². The monoisotopic (exact) mass is 429 g/mol. The number of hydrogen-bond acceptors (Lipinski definition) is 5. The van der Waals surface area contributed by atoms with Crippen LogP contribution in [0.2, 0.25) is 0 Å². The minimum Gasteiger partial charge on any atom is -0.446 e. The van der Waals surface area contributed by atoms with Gasteiger partial charge in [0.15, 0.2) is 0 Å². The summed E-state index contributed by atoms with van der Waals surface area (Å²) in [7, 11) is 0. The van der Waals surface area contributed by atoms with Crippen LogP contribution in [0, 0.1) is 28.6 Å². The minimum atomic E-state index is -0.689. The highest BCUT2D eigenvalue weighted by Gasteiger charge is 2.67. The van der Waals surface area contributed by atoms with Gasteiger partial charge in [0.25, 0.3) is 0 Å². The SMILES string of the molecule is C[C@]12CC[C@H](OC(N)=O)C[C@H]1CC[C@@H]1[C@@H]2CC[C@]2(C)[C@@H](c3ccc(=O)oc3)CC[C@]12O. The highest BCUT2D eigenvalue weighted by Crippen LogP contribution is 2.70. The van der Waals surface area contributed by atoms with Gasteiger partial charge in [-0.2, -0.15) is 0 Å². The zero-order valence-corrected chi connectivity index (χ0v) is 18.6. The van der Waals surface area contributed by atoms with Crippen molar-refractivity contribution in [2.24, 2.45) is 34.3 Å². The van der Waals surface area contributed by atoms with Crippen molar-refractivity contribution in [1.29, 1.82) is 0 Å². The molecule has 0 unspecified atom stereocenters. The van der Waals surface area contributed by atoms with Gasteiger partial charge in [-0.05, 0) is 98.5 Å². The van der Waals surface area contributed by atoms with Crippen LogP contribution in [0.1, 0.15) is 83.1 Å². The number of fused-ring (bicyclic) bond motifs is 5. The second-order valence-corrected chi connectivity index (χ2v) is 11.2. The van der Waals surface area contributed by atoms with Crippen LogP contribution in [0.15, 0.2) is 27.6 Å². The third-order valence-corrected chi connectivity index (χ3v) is 10.2. The van der Waals surface area contributed by atoms with E-state index in [0.29, 0.717) is 17.8 Å². The number of carbonyl (C=O) groups is 1. The molecule has 0 radical (unpaired) electrons. The minimum absolute atomic E-state index is 0.0623. The molecule has 4 saturated carbocycles. The summed E-state index contributed by atoms with van der Waals surface area (Å²) in [5.41, 5.74) is 5.27. The normalized spacial score (nSPS) is 46.5. The molecule has 1 aromatic rings. The molecule has 0 saturated heterocycles. The van der Waals surface area contributed by atoms with E-state index in [1.54, 1.807) is 6.26 Å². The first-order valence-electron chi connectivity index (χ1n) is 11.9. The first-order chi connectivity index (χ1) is 14.7. The smallest absolute Gasteiger partial charge is 0.404 e. The van der Waals surface area contributed by atoms with Crippen molar-refractivity contribution in [2.45, 2.75) is 89.3 Å². The van der Waals surface area contributed by atoms with E-state index in [1.807, 2.05) is 6.07 Å². The predicted molar refractivity (Wildman–Crippen MR) is 115 cm³/mol. The van der Waals surface area contributed by atoms with Gasteiger partial charge in [0.1, 0.15) is 6.10 Å². The zero-order chi connectivity index (χ0) is 22.0. The van der Waals surface area contributed by atoms with Crippen molar-refractivity contribution in [3.63, 3.8) is 0 Å². The fraction of sp³-hybridized carbons (Fsp3) is 0.760. The third kappa shape index (κ3) is 3.00. The number of hydrogen-bond donors (Lipinski definition) is 2. The molecule has 4 aliphatic rings. The summed E-state index contributed by atoms with van der Waals surface area (Å²) in [6.45, 7) is 4.68. The lowest BCUT2D eigenvalue weighted by Gasteiger charge is -2.63. The van der Waals surface area contributed by atoms with E-state index in [0.717, 1.165) is 63.4 Å². The number of primary amides is 1. The molecule has 0 bridgehead atoms. The summed E-state index contributed by atoms with van der Waals surface area (Å²) in [6, 6.07) is 3.39. The maximum absolute atomic E-state index is 12.2. The summed E-state index contributed by atoms with van der Waals surface area (Å²) >= 11 is 0. The first kappa shape index (κ1) is 21.0. The Balaban J connectivity index is 1.41. The van der Waals surface area contributed by atoms with Crippen LogP contribution < -0.4 is 11.4 Å². The molecular formula is C25H35NO5. The molecule has 6 heteroatoms. The summed E-state index contributed by atoms with van der Waals surface area (Å²) in [5, 5.41) is 12.2. The van der Waals surface area contributed by atoms with E-state index < -0.39 is 11.7 Å². The molecule has 8 atom stereocenters. The Morgan fingerprint density at radius 3 is 2.61 bits per heavy atom. The average Bonchev–Trinajstić information content (AvgIpc) is 3.00. The summed E-state index contributed by atoms with van der Waals surface area (Å²) in [5.74, 6) is 1.52. The highest BCUT2D eigenvalue weighted by atomic mass is 16.6. The van der Waals surface area contributed by atoms with E-state index in [1.165, 1.54) is 6.07 Å². The molecule has 4 aliphatic carbocycles. The molecule has 0 aromatic carbocycles. The standard InChI is InChI=1S/C25H35NO5/c1-23-10-7-17(31-22(26)28)13-16(23)4-5-20-19(23)8-11-24(2)18(9-12-25(20,24)29)15-3-6-21(27)30-14-15/h3,6,14,16-20,29H,4-5,7-13H2,1-2H3,(H2,26,28)/t16-,17+,18-,19+,20-,23+,24-,25+/m1/s1. The van der Waals surface area contributed by atoms with Gasteiger partial charge in [0.05, 0.1) is 11.9 Å². The van der Waals surface area contributed by atoms with Gasteiger partial charge in [-0.15, -0.1) is 0 Å². The van der Waals surface area contributed by atoms with Crippen molar-refractivity contribution in [3.05, 3.63) is 34.4 Å². The topological polar surface area (TPSA) is 103 Å². The number of ether oxygens (including phenoxy) is 1.